The zero-order chi connectivity index (χ0) is 17.2. The second kappa shape index (κ2) is 6.63. The normalized spacial score (nSPS) is 11.8. The Hall–Kier alpha value is -2.37. The number of nitrogens with zero attached hydrogens (tertiary/aromatic N) is 2. The van der Waals surface area contributed by atoms with Gasteiger partial charge in [-0.2, -0.15) is 0 Å². The molecule has 24 heavy (non-hydrogen) atoms. The molecule has 0 atom stereocenters. The van der Waals surface area contributed by atoms with Crippen molar-refractivity contribution in [2.75, 3.05) is 14.1 Å². The van der Waals surface area contributed by atoms with Gasteiger partial charge in [0, 0.05) is 12.7 Å². The first-order valence-corrected chi connectivity index (χ1v) is 9.14. The Balaban J connectivity index is 2.17. The molecular weight excluding hydrogens is 320 g/mol. The van der Waals surface area contributed by atoms with Crippen LogP contribution in [0.15, 0.2) is 77.8 Å². The molecule has 0 radical (unpaired) electrons. The first kappa shape index (κ1) is 16.5. The van der Waals surface area contributed by atoms with E-state index in [0.717, 1.165) is 11.1 Å². The Labute approximate surface area is 143 Å². The first-order valence-electron chi connectivity index (χ1n) is 7.70. The van der Waals surface area contributed by atoms with Gasteiger partial charge in [-0.05, 0) is 43.4 Å². The van der Waals surface area contributed by atoms with E-state index in [1.165, 1.54) is 3.97 Å². The molecule has 124 valence electrons. The number of benzene rings is 2. The van der Waals surface area contributed by atoms with E-state index in [-0.39, 0.29) is 4.90 Å². The quantitative estimate of drug-likeness (QED) is 0.714. The number of hydrogen-bond acceptors (Lipinski definition) is 3. The summed E-state index contributed by atoms with van der Waals surface area (Å²) in [5.41, 5.74) is 2.51. The minimum atomic E-state index is -3.63. The van der Waals surface area contributed by atoms with Crippen molar-refractivity contribution in [3.8, 4) is 11.3 Å². The molecule has 0 saturated carbocycles. The summed E-state index contributed by atoms with van der Waals surface area (Å²) in [4.78, 5) is 2.30. The average Bonchev–Trinajstić information content (AvgIpc) is 3.00. The average molecular weight is 340 g/mol. The molecule has 1 aromatic heterocycles. The van der Waals surface area contributed by atoms with Crippen LogP contribution >= 0.6 is 0 Å². The van der Waals surface area contributed by atoms with E-state index >= 15 is 0 Å². The fraction of sp³-hybridized carbons (Fsp3) is 0.158. The molecule has 3 rings (SSSR count). The fourth-order valence-corrected chi connectivity index (χ4v) is 4.09. The monoisotopic (exact) mass is 340 g/mol. The summed E-state index contributed by atoms with van der Waals surface area (Å²) in [6, 6.07) is 20.0. The fourth-order valence-electron chi connectivity index (χ4n) is 2.67. The molecule has 5 heteroatoms. The van der Waals surface area contributed by atoms with Crippen LogP contribution in [0.1, 0.15) is 5.56 Å². The predicted molar refractivity (Wildman–Crippen MR) is 96.3 cm³/mol. The third kappa shape index (κ3) is 3.27. The lowest BCUT2D eigenvalue weighted by Crippen LogP contribution is -2.13. The van der Waals surface area contributed by atoms with E-state index in [4.69, 9.17) is 0 Å². The van der Waals surface area contributed by atoms with Crippen LogP contribution in [0, 0.1) is 0 Å². The topological polar surface area (TPSA) is 42.3 Å². The van der Waals surface area contributed by atoms with Crippen molar-refractivity contribution in [2.24, 2.45) is 0 Å². The summed E-state index contributed by atoms with van der Waals surface area (Å²) in [6.07, 6.45) is 1.71. The van der Waals surface area contributed by atoms with E-state index < -0.39 is 10.0 Å². The molecule has 0 saturated heterocycles. The number of hydrogen-bond donors (Lipinski definition) is 0. The first-order chi connectivity index (χ1) is 11.5. The van der Waals surface area contributed by atoms with Crippen molar-refractivity contribution in [3.05, 3.63) is 78.5 Å². The van der Waals surface area contributed by atoms with Crippen LogP contribution in [0.3, 0.4) is 0 Å². The van der Waals surface area contributed by atoms with Crippen molar-refractivity contribution in [3.63, 3.8) is 0 Å². The minimum absolute atomic E-state index is 0.286. The van der Waals surface area contributed by atoms with E-state index in [2.05, 4.69) is 0 Å². The minimum Gasteiger partial charge on any atom is -0.305 e. The maximum absolute atomic E-state index is 13.1. The molecule has 0 spiro atoms. The predicted octanol–water partition coefficient (Wildman–Crippen LogP) is 3.45. The summed E-state index contributed by atoms with van der Waals surface area (Å²) in [7, 11) is 0.292. The number of aromatic nitrogens is 1. The summed E-state index contributed by atoms with van der Waals surface area (Å²) < 4.78 is 27.5. The van der Waals surface area contributed by atoms with Gasteiger partial charge in [-0.3, -0.25) is 0 Å². The molecule has 3 aromatic rings. The second-order valence-electron chi connectivity index (χ2n) is 5.95. The summed E-state index contributed by atoms with van der Waals surface area (Å²) >= 11 is 0. The second-order valence-corrected chi connectivity index (χ2v) is 7.77. The molecule has 0 aliphatic heterocycles. The van der Waals surface area contributed by atoms with E-state index in [9.17, 15) is 8.42 Å². The molecule has 0 unspecified atom stereocenters. The van der Waals surface area contributed by atoms with Crippen molar-refractivity contribution in [2.45, 2.75) is 11.4 Å². The van der Waals surface area contributed by atoms with Crippen molar-refractivity contribution < 1.29 is 8.42 Å². The van der Waals surface area contributed by atoms with Gasteiger partial charge in [0.05, 0.1) is 10.6 Å². The van der Waals surface area contributed by atoms with Crippen molar-refractivity contribution >= 4 is 10.0 Å². The Kier molecular flexibility index (Phi) is 4.55. The van der Waals surface area contributed by atoms with Gasteiger partial charge in [-0.15, -0.1) is 0 Å². The molecule has 2 aromatic carbocycles. The van der Waals surface area contributed by atoms with Crippen LogP contribution in [0.2, 0.25) is 0 Å². The van der Waals surface area contributed by atoms with Crippen molar-refractivity contribution in [1.82, 2.24) is 8.87 Å². The zero-order valence-electron chi connectivity index (χ0n) is 13.8. The zero-order valence-corrected chi connectivity index (χ0v) is 14.6. The molecule has 1 heterocycles. The van der Waals surface area contributed by atoms with Gasteiger partial charge in [0.1, 0.15) is 0 Å². The largest absolute Gasteiger partial charge is 0.305 e. The highest BCUT2D eigenvalue weighted by atomic mass is 32.2. The van der Waals surface area contributed by atoms with Crippen LogP contribution in [-0.2, 0) is 16.6 Å². The van der Waals surface area contributed by atoms with Gasteiger partial charge in [0.2, 0.25) is 0 Å². The number of rotatable bonds is 5. The molecule has 4 nitrogen and oxygen atoms in total. The van der Waals surface area contributed by atoms with Crippen LogP contribution in [0.25, 0.3) is 11.3 Å². The maximum atomic E-state index is 13.1. The molecule has 0 fully saturated rings. The molecule has 0 aliphatic rings. The highest BCUT2D eigenvalue weighted by Crippen LogP contribution is 2.27. The van der Waals surface area contributed by atoms with Gasteiger partial charge < -0.3 is 4.90 Å². The standard InChI is InChI=1S/C19H20N2O2S/c1-20(2)14-16-13-19(17-9-5-3-6-10-17)21(15-16)24(22,23)18-11-7-4-8-12-18/h3-13,15H,14H2,1-2H3. The van der Waals surface area contributed by atoms with Gasteiger partial charge in [0.25, 0.3) is 10.0 Å². The molecule has 0 bridgehead atoms. The Morgan fingerprint density at radius 1 is 0.917 bits per heavy atom. The third-order valence-corrected chi connectivity index (χ3v) is 5.40. The van der Waals surface area contributed by atoms with Gasteiger partial charge >= 0.3 is 0 Å². The van der Waals surface area contributed by atoms with Crippen LogP contribution < -0.4 is 0 Å². The maximum Gasteiger partial charge on any atom is 0.268 e. The lowest BCUT2D eigenvalue weighted by atomic mass is 10.1. The van der Waals surface area contributed by atoms with E-state index in [1.807, 2.05) is 61.5 Å². The van der Waals surface area contributed by atoms with E-state index in [0.29, 0.717) is 12.2 Å². The molecular formula is C19H20N2O2S. The Morgan fingerprint density at radius 3 is 2.08 bits per heavy atom. The summed E-state index contributed by atoms with van der Waals surface area (Å²) in [5, 5.41) is 0. The van der Waals surface area contributed by atoms with Crippen molar-refractivity contribution in [1.29, 1.82) is 0 Å². The Bertz CT molecular complexity index is 915. The molecule has 0 aliphatic carbocycles. The highest BCUT2D eigenvalue weighted by Gasteiger charge is 2.21. The van der Waals surface area contributed by atoms with Crippen LogP contribution in [-0.4, -0.2) is 31.4 Å². The Morgan fingerprint density at radius 2 is 1.50 bits per heavy atom. The lowest BCUT2D eigenvalue weighted by Gasteiger charge is -2.10. The van der Waals surface area contributed by atoms with Gasteiger partial charge in [-0.25, -0.2) is 12.4 Å². The summed E-state index contributed by atoms with van der Waals surface area (Å²) in [6.45, 7) is 0.678. The highest BCUT2D eigenvalue weighted by molar-refractivity contribution is 7.90. The van der Waals surface area contributed by atoms with Gasteiger partial charge in [0.15, 0.2) is 0 Å². The van der Waals surface area contributed by atoms with Gasteiger partial charge in [-0.1, -0.05) is 48.5 Å². The molecule has 0 N–H and O–H groups in total. The lowest BCUT2D eigenvalue weighted by molar-refractivity contribution is 0.402. The SMILES string of the molecule is CN(C)Cc1cc(-c2ccccc2)n(S(=O)(=O)c2ccccc2)c1. The van der Waals surface area contributed by atoms with Crippen LogP contribution in [0.4, 0.5) is 0 Å². The summed E-state index contributed by atoms with van der Waals surface area (Å²) in [5.74, 6) is 0. The van der Waals surface area contributed by atoms with E-state index in [1.54, 1.807) is 30.5 Å². The van der Waals surface area contributed by atoms with Crippen LogP contribution in [0.5, 0.6) is 0 Å². The smallest absolute Gasteiger partial charge is 0.268 e. The third-order valence-electron chi connectivity index (χ3n) is 3.71. The molecule has 0 amide bonds.